The topological polar surface area (TPSA) is 46.5 Å². The van der Waals surface area contributed by atoms with Crippen molar-refractivity contribution in [2.24, 2.45) is 0 Å². The molecular formula is C11H14O3. The predicted molar refractivity (Wildman–Crippen MR) is 53.7 cm³/mol. The summed E-state index contributed by atoms with van der Waals surface area (Å²) < 4.78 is 5.11. The van der Waals surface area contributed by atoms with Crippen LogP contribution in [0.2, 0.25) is 0 Å². The van der Waals surface area contributed by atoms with E-state index < -0.39 is 11.9 Å². The van der Waals surface area contributed by atoms with Crippen molar-refractivity contribution in [1.29, 1.82) is 0 Å². The van der Waals surface area contributed by atoms with Crippen LogP contribution in [-0.2, 0) is 4.79 Å². The number of carboxylic acids is 1. The smallest absolute Gasteiger partial charge is 0.311 e. The first-order valence-electron chi connectivity index (χ1n) is 4.56. The van der Waals surface area contributed by atoms with Gasteiger partial charge in [0.05, 0.1) is 13.0 Å². The van der Waals surface area contributed by atoms with E-state index in [1.807, 2.05) is 19.1 Å². The SMILES string of the molecule is CCC(C(=O)O)c1ccccc1OC. The van der Waals surface area contributed by atoms with Gasteiger partial charge in [0.2, 0.25) is 0 Å². The molecule has 0 saturated heterocycles. The van der Waals surface area contributed by atoms with E-state index in [-0.39, 0.29) is 0 Å². The maximum Gasteiger partial charge on any atom is 0.311 e. The Balaban J connectivity index is 3.08. The summed E-state index contributed by atoms with van der Waals surface area (Å²) in [5, 5.41) is 8.99. The number of para-hydroxylation sites is 1. The number of hydrogen-bond donors (Lipinski definition) is 1. The van der Waals surface area contributed by atoms with Crippen LogP contribution < -0.4 is 4.74 Å². The number of hydrogen-bond acceptors (Lipinski definition) is 2. The summed E-state index contributed by atoms with van der Waals surface area (Å²) in [5.41, 5.74) is 0.741. The summed E-state index contributed by atoms with van der Waals surface area (Å²) in [5.74, 6) is -0.648. The number of benzene rings is 1. The van der Waals surface area contributed by atoms with Gasteiger partial charge in [-0.25, -0.2) is 0 Å². The van der Waals surface area contributed by atoms with Gasteiger partial charge in [0.1, 0.15) is 5.75 Å². The lowest BCUT2D eigenvalue weighted by molar-refractivity contribution is -0.138. The van der Waals surface area contributed by atoms with Gasteiger partial charge in [-0.3, -0.25) is 4.79 Å². The van der Waals surface area contributed by atoms with Crippen molar-refractivity contribution in [1.82, 2.24) is 0 Å². The normalized spacial score (nSPS) is 12.1. The first kappa shape index (κ1) is 10.6. The maximum atomic E-state index is 10.9. The zero-order chi connectivity index (χ0) is 10.6. The van der Waals surface area contributed by atoms with Gasteiger partial charge in [0.15, 0.2) is 0 Å². The molecule has 0 spiro atoms. The van der Waals surface area contributed by atoms with E-state index in [4.69, 9.17) is 9.84 Å². The highest BCUT2D eigenvalue weighted by Gasteiger charge is 2.20. The number of rotatable bonds is 4. The average Bonchev–Trinajstić information content (AvgIpc) is 2.19. The van der Waals surface area contributed by atoms with Crippen LogP contribution >= 0.6 is 0 Å². The lowest BCUT2D eigenvalue weighted by atomic mass is 9.96. The number of methoxy groups -OCH3 is 1. The molecule has 0 fully saturated rings. The van der Waals surface area contributed by atoms with E-state index in [1.165, 1.54) is 0 Å². The van der Waals surface area contributed by atoms with Gasteiger partial charge in [0.25, 0.3) is 0 Å². The predicted octanol–water partition coefficient (Wildman–Crippen LogP) is 2.27. The molecule has 0 heterocycles. The lowest BCUT2D eigenvalue weighted by Crippen LogP contribution is -2.11. The van der Waals surface area contributed by atoms with Crippen molar-refractivity contribution < 1.29 is 14.6 Å². The van der Waals surface area contributed by atoms with Crippen LogP contribution in [0.15, 0.2) is 24.3 Å². The fourth-order valence-corrected chi connectivity index (χ4v) is 1.48. The summed E-state index contributed by atoms with van der Waals surface area (Å²) in [6.07, 6.45) is 0.565. The third kappa shape index (κ3) is 2.05. The standard InChI is InChI=1S/C11H14O3/c1-3-8(11(12)13)9-6-4-5-7-10(9)14-2/h4-8H,3H2,1-2H3,(H,12,13). The molecule has 1 N–H and O–H groups in total. The minimum Gasteiger partial charge on any atom is -0.496 e. The Hall–Kier alpha value is -1.51. The maximum absolute atomic E-state index is 10.9. The summed E-state index contributed by atoms with van der Waals surface area (Å²) in [6, 6.07) is 7.22. The molecule has 0 bridgehead atoms. The first-order valence-corrected chi connectivity index (χ1v) is 4.56. The summed E-state index contributed by atoms with van der Waals surface area (Å²) in [6.45, 7) is 1.85. The average molecular weight is 194 g/mol. The second-order valence-electron chi connectivity index (χ2n) is 3.04. The van der Waals surface area contributed by atoms with Gasteiger partial charge in [-0.2, -0.15) is 0 Å². The van der Waals surface area contributed by atoms with Gasteiger partial charge >= 0.3 is 5.97 Å². The second kappa shape index (κ2) is 4.65. The highest BCUT2D eigenvalue weighted by atomic mass is 16.5. The lowest BCUT2D eigenvalue weighted by Gasteiger charge is -2.13. The zero-order valence-electron chi connectivity index (χ0n) is 8.36. The van der Waals surface area contributed by atoms with Crippen molar-refractivity contribution >= 4 is 5.97 Å². The number of carbonyl (C=O) groups is 1. The molecule has 3 nitrogen and oxygen atoms in total. The Bertz CT molecular complexity index is 320. The van der Waals surface area contributed by atoms with Crippen LogP contribution in [-0.4, -0.2) is 18.2 Å². The molecule has 0 aliphatic heterocycles. The molecule has 1 aromatic carbocycles. The molecule has 0 amide bonds. The van der Waals surface area contributed by atoms with E-state index in [1.54, 1.807) is 19.2 Å². The Labute approximate surface area is 83.3 Å². The molecule has 1 unspecified atom stereocenters. The highest BCUT2D eigenvalue weighted by Crippen LogP contribution is 2.28. The Morgan fingerprint density at radius 3 is 2.64 bits per heavy atom. The molecule has 1 aromatic rings. The van der Waals surface area contributed by atoms with Crippen molar-refractivity contribution in [2.75, 3.05) is 7.11 Å². The molecule has 3 heteroatoms. The Kier molecular flexibility index (Phi) is 3.51. The minimum atomic E-state index is -0.808. The van der Waals surface area contributed by atoms with Gasteiger partial charge in [-0.15, -0.1) is 0 Å². The van der Waals surface area contributed by atoms with Gasteiger partial charge in [-0.05, 0) is 12.5 Å². The fourth-order valence-electron chi connectivity index (χ4n) is 1.48. The largest absolute Gasteiger partial charge is 0.496 e. The molecule has 1 atom stereocenters. The van der Waals surface area contributed by atoms with Crippen molar-refractivity contribution in [3.05, 3.63) is 29.8 Å². The third-order valence-corrected chi connectivity index (χ3v) is 2.22. The molecule has 0 aromatic heterocycles. The Morgan fingerprint density at radius 2 is 2.14 bits per heavy atom. The molecular weight excluding hydrogens is 180 g/mol. The van der Waals surface area contributed by atoms with Crippen LogP contribution in [0.5, 0.6) is 5.75 Å². The fraction of sp³-hybridized carbons (Fsp3) is 0.364. The summed E-state index contributed by atoms with van der Waals surface area (Å²) in [4.78, 5) is 10.9. The Morgan fingerprint density at radius 1 is 1.50 bits per heavy atom. The van der Waals surface area contributed by atoms with E-state index in [0.717, 1.165) is 5.56 Å². The number of carboxylic acid groups (broad SMARTS) is 1. The summed E-state index contributed by atoms with van der Waals surface area (Å²) >= 11 is 0. The van der Waals surface area contributed by atoms with Crippen molar-refractivity contribution in [3.63, 3.8) is 0 Å². The minimum absolute atomic E-state index is 0.480. The monoisotopic (exact) mass is 194 g/mol. The second-order valence-corrected chi connectivity index (χ2v) is 3.04. The summed E-state index contributed by atoms with van der Waals surface area (Å²) in [7, 11) is 1.55. The van der Waals surface area contributed by atoms with Crippen LogP contribution in [0, 0.1) is 0 Å². The van der Waals surface area contributed by atoms with E-state index >= 15 is 0 Å². The quantitative estimate of drug-likeness (QED) is 0.799. The van der Waals surface area contributed by atoms with Crippen molar-refractivity contribution in [2.45, 2.75) is 19.3 Å². The van der Waals surface area contributed by atoms with Crippen LogP contribution in [0.1, 0.15) is 24.8 Å². The van der Waals surface area contributed by atoms with E-state index in [9.17, 15) is 4.79 Å². The molecule has 0 aliphatic rings. The highest BCUT2D eigenvalue weighted by molar-refractivity contribution is 5.77. The van der Waals surface area contributed by atoms with Gasteiger partial charge in [-0.1, -0.05) is 25.1 Å². The molecule has 0 saturated carbocycles. The molecule has 0 radical (unpaired) electrons. The molecule has 0 aliphatic carbocycles. The zero-order valence-corrected chi connectivity index (χ0v) is 8.36. The first-order chi connectivity index (χ1) is 6.70. The molecule has 1 rings (SSSR count). The van der Waals surface area contributed by atoms with Crippen LogP contribution in [0.3, 0.4) is 0 Å². The van der Waals surface area contributed by atoms with E-state index in [0.29, 0.717) is 12.2 Å². The van der Waals surface area contributed by atoms with Gasteiger partial charge in [0, 0.05) is 5.56 Å². The van der Waals surface area contributed by atoms with Gasteiger partial charge < -0.3 is 9.84 Å². The van der Waals surface area contributed by atoms with Crippen LogP contribution in [0.25, 0.3) is 0 Å². The van der Waals surface area contributed by atoms with Crippen molar-refractivity contribution in [3.8, 4) is 5.75 Å². The van der Waals surface area contributed by atoms with E-state index in [2.05, 4.69) is 0 Å². The molecule has 14 heavy (non-hydrogen) atoms. The van der Waals surface area contributed by atoms with Crippen LogP contribution in [0.4, 0.5) is 0 Å². The number of ether oxygens (including phenoxy) is 1. The number of aliphatic carboxylic acids is 1. The molecule has 76 valence electrons. The third-order valence-electron chi connectivity index (χ3n) is 2.22.